The van der Waals surface area contributed by atoms with Crippen molar-refractivity contribution in [2.45, 2.75) is 97.3 Å². The lowest BCUT2D eigenvalue weighted by atomic mass is 10.0. The van der Waals surface area contributed by atoms with E-state index in [1.54, 1.807) is 0 Å². The molecule has 33 heavy (non-hydrogen) atoms. The highest BCUT2D eigenvalue weighted by Crippen LogP contribution is 2.22. The first kappa shape index (κ1) is 25.1. The van der Waals surface area contributed by atoms with Gasteiger partial charge in [0.1, 0.15) is 0 Å². The third kappa shape index (κ3) is 8.72. The first-order valence-corrected chi connectivity index (χ1v) is 13.2. The minimum Gasteiger partial charge on any atom is -0.255 e. The Morgan fingerprint density at radius 1 is 0.485 bits per heavy atom. The maximum Gasteiger partial charge on any atom is 0.160 e. The van der Waals surface area contributed by atoms with Gasteiger partial charge < -0.3 is 0 Å². The molecule has 0 saturated carbocycles. The van der Waals surface area contributed by atoms with Gasteiger partial charge in [-0.15, -0.1) is 0 Å². The first-order chi connectivity index (χ1) is 16.3. The van der Waals surface area contributed by atoms with Crippen molar-refractivity contribution >= 4 is 0 Å². The zero-order valence-electron chi connectivity index (χ0n) is 20.7. The van der Waals surface area contributed by atoms with Crippen LogP contribution in [0.2, 0.25) is 0 Å². The zero-order chi connectivity index (χ0) is 23.1. The maximum absolute atomic E-state index is 4.68. The highest BCUT2D eigenvalue weighted by molar-refractivity contribution is 5.63. The first-order valence-electron chi connectivity index (χ1n) is 13.2. The molecule has 3 rings (SSSR count). The number of rotatable bonds is 15. The Hall–Kier alpha value is -2.55. The van der Waals surface area contributed by atoms with Crippen LogP contribution in [0.1, 0.15) is 95.6 Å². The van der Waals surface area contributed by atoms with E-state index in [9.17, 15) is 0 Å². The lowest BCUT2D eigenvalue weighted by Gasteiger charge is -2.06. The summed E-state index contributed by atoms with van der Waals surface area (Å²) in [6, 6.07) is 13.0. The van der Waals surface area contributed by atoms with Gasteiger partial charge in [-0.2, -0.15) is 0 Å². The second kappa shape index (κ2) is 14.6. The second-order valence-corrected chi connectivity index (χ2v) is 9.23. The molecule has 176 valence electrons. The highest BCUT2D eigenvalue weighted by atomic mass is 14.9. The van der Waals surface area contributed by atoms with Gasteiger partial charge >= 0.3 is 0 Å². The summed E-state index contributed by atoms with van der Waals surface area (Å²) >= 11 is 0. The lowest BCUT2D eigenvalue weighted by Crippen LogP contribution is -1.94. The number of unbranched alkanes of at least 4 members (excludes halogenated alkanes) is 9. The smallest absolute Gasteiger partial charge is 0.160 e. The molecular weight excluding hydrogens is 402 g/mol. The van der Waals surface area contributed by atoms with Crippen LogP contribution in [-0.2, 0) is 12.8 Å². The second-order valence-electron chi connectivity index (χ2n) is 9.23. The van der Waals surface area contributed by atoms with Crippen LogP contribution in [-0.4, -0.2) is 15.0 Å². The molecule has 3 heteroatoms. The van der Waals surface area contributed by atoms with Crippen molar-refractivity contribution in [3.63, 3.8) is 0 Å². The Bertz CT molecular complexity index is 899. The number of aryl methyl sites for hydroxylation is 2. The van der Waals surface area contributed by atoms with Gasteiger partial charge in [0.25, 0.3) is 0 Å². The van der Waals surface area contributed by atoms with Gasteiger partial charge in [-0.25, -0.2) is 9.97 Å². The van der Waals surface area contributed by atoms with Gasteiger partial charge in [0, 0.05) is 29.7 Å². The van der Waals surface area contributed by atoms with Gasteiger partial charge in [-0.05, 0) is 48.9 Å². The molecule has 0 unspecified atom stereocenters. The van der Waals surface area contributed by atoms with E-state index in [4.69, 9.17) is 0 Å². The number of hydrogen-bond donors (Lipinski definition) is 0. The third-order valence-corrected chi connectivity index (χ3v) is 6.36. The Morgan fingerprint density at radius 2 is 1.03 bits per heavy atom. The van der Waals surface area contributed by atoms with Crippen molar-refractivity contribution in [2.75, 3.05) is 0 Å². The molecule has 3 aromatic rings. The summed E-state index contributed by atoms with van der Waals surface area (Å²) in [7, 11) is 0. The van der Waals surface area contributed by atoms with E-state index < -0.39 is 0 Å². The van der Waals surface area contributed by atoms with Gasteiger partial charge in [-0.3, -0.25) is 4.98 Å². The van der Waals surface area contributed by atoms with Crippen molar-refractivity contribution in [1.29, 1.82) is 0 Å². The summed E-state index contributed by atoms with van der Waals surface area (Å²) in [5.74, 6) is 0.748. The highest BCUT2D eigenvalue weighted by Gasteiger charge is 2.05. The molecule has 0 radical (unpaired) electrons. The summed E-state index contributed by atoms with van der Waals surface area (Å²) in [6.07, 6.45) is 22.6. The Balaban J connectivity index is 1.48. The molecule has 0 spiro atoms. The normalized spacial score (nSPS) is 11.1. The monoisotopic (exact) mass is 443 g/mol. The molecule has 0 saturated heterocycles. The van der Waals surface area contributed by atoms with E-state index in [2.05, 4.69) is 65.2 Å². The number of pyridine rings is 1. The molecule has 0 N–H and O–H groups in total. The SMILES string of the molecule is CCCCCCCCc1ccc(-c2ccc(-c3ncc(CCCCCCC)cn3)cn2)cc1. The average molecular weight is 444 g/mol. The van der Waals surface area contributed by atoms with Crippen LogP contribution in [0.25, 0.3) is 22.6 Å². The fraction of sp³-hybridized carbons (Fsp3) is 0.500. The summed E-state index contributed by atoms with van der Waals surface area (Å²) in [5.41, 5.74) is 5.76. The maximum atomic E-state index is 4.68. The molecule has 0 bridgehead atoms. The van der Waals surface area contributed by atoms with E-state index in [1.807, 2.05) is 18.6 Å². The fourth-order valence-corrected chi connectivity index (χ4v) is 4.21. The molecular formula is C30H41N3. The Labute approximate surface area is 201 Å². The molecule has 3 nitrogen and oxygen atoms in total. The minimum absolute atomic E-state index is 0.748. The molecule has 0 aliphatic carbocycles. The Kier molecular flexibility index (Phi) is 11.1. The average Bonchev–Trinajstić information content (AvgIpc) is 2.87. The van der Waals surface area contributed by atoms with Crippen LogP contribution in [0.3, 0.4) is 0 Å². The third-order valence-electron chi connectivity index (χ3n) is 6.36. The van der Waals surface area contributed by atoms with Crippen molar-refractivity contribution in [3.05, 3.63) is 66.1 Å². The fourth-order valence-electron chi connectivity index (χ4n) is 4.21. The molecule has 0 aliphatic rings. The van der Waals surface area contributed by atoms with E-state index in [-0.39, 0.29) is 0 Å². The molecule has 0 fully saturated rings. The number of nitrogens with zero attached hydrogens (tertiary/aromatic N) is 3. The van der Waals surface area contributed by atoms with Gasteiger partial charge in [0.05, 0.1) is 5.69 Å². The number of benzene rings is 1. The predicted molar refractivity (Wildman–Crippen MR) is 140 cm³/mol. The molecule has 0 amide bonds. The standard InChI is InChI=1S/C30H41N3/c1-3-5-7-9-11-12-14-25-16-18-27(19-17-25)29-21-20-28(24-31-29)30-32-22-26(23-33-30)15-13-10-8-6-4-2/h16-24H,3-15H2,1-2H3. The van der Waals surface area contributed by atoms with Crippen LogP contribution in [0.4, 0.5) is 0 Å². The summed E-state index contributed by atoms with van der Waals surface area (Å²) in [6.45, 7) is 4.52. The van der Waals surface area contributed by atoms with Crippen molar-refractivity contribution < 1.29 is 0 Å². The van der Waals surface area contributed by atoms with Crippen molar-refractivity contribution in [3.8, 4) is 22.6 Å². The quantitative estimate of drug-likeness (QED) is 0.221. The molecule has 1 aromatic carbocycles. The largest absolute Gasteiger partial charge is 0.255 e. The van der Waals surface area contributed by atoms with E-state index >= 15 is 0 Å². The zero-order valence-corrected chi connectivity index (χ0v) is 20.7. The van der Waals surface area contributed by atoms with Gasteiger partial charge in [0.2, 0.25) is 0 Å². The van der Waals surface area contributed by atoms with E-state index in [0.29, 0.717) is 0 Å². The molecule has 0 aliphatic heterocycles. The topological polar surface area (TPSA) is 38.7 Å². The summed E-state index contributed by atoms with van der Waals surface area (Å²) < 4.78 is 0. The number of aromatic nitrogens is 3. The predicted octanol–water partition coefficient (Wildman–Crippen LogP) is 8.62. The van der Waals surface area contributed by atoms with Crippen LogP contribution in [0.5, 0.6) is 0 Å². The molecule has 2 aromatic heterocycles. The van der Waals surface area contributed by atoms with Crippen LogP contribution >= 0.6 is 0 Å². The minimum atomic E-state index is 0.748. The molecule has 0 atom stereocenters. The van der Waals surface area contributed by atoms with Gasteiger partial charge in [-0.1, -0.05) is 95.9 Å². The summed E-state index contributed by atoms with van der Waals surface area (Å²) in [4.78, 5) is 13.8. The summed E-state index contributed by atoms with van der Waals surface area (Å²) in [5, 5.41) is 0. The number of hydrogen-bond acceptors (Lipinski definition) is 3. The van der Waals surface area contributed by atoms with Gasteiger partial charge in [0.15, 0.2) is 5.82 Å². The van der Waals surface area contributed by atoms with Crippen LogP contribution < -0.4 is 0 Å². The van der Waals surface area contributed by atoms with Crippen molar-refractivity contribution in [2.24, 2.45) is 0 Å². The van der Waals surface area contributed by atoms with Crippen LogP contribution in [0.15, 0.2) is 55.0 Å². The van der Waals surface area contributed by atoms with E-state index in [0.717, 1.165) is 29.1 Å². The molecule has 2 heterocycles. The Morgan fingerprint density at radius 3 is 1.61 bits per heavy atom. The van der Waals surface area contributed by atoms with Crippen LogP contribution in [0, 0.1) is 0 Å². The lowest BCUT2D eigenvalue weighted by molar-refractivity contribution is 0.607. The van der Waals surface area contributed by atoms with Crippen molar-refractivity contribution in [1.82, 2.24) is 15.0 Å². The van der Waals surface area contributed by atoms with E-state index in [1.165, 1.54) is 88.2 Å².